The first-order chi connectivity index (χ1) is 14.6. The smallest absolute Gasteiger partial charge is 0.412 e. The van der Waals surface area contributed by atoms with Crippen molar-refractivity contribution >= 4 is 11.6 Å². The maximum atomic E-state index is 13.5. The summed E-state index contributed by atoms with van der Waals surface area (Å²) in [5.41, 5.74) is -0.254. The van der Waals surface area contributed by atoms with Gasteiger partial charge in [0, 0.05) is 18.0 Å². The van der Waals surface area contributed by atoms with Crippen molar-refractivity contribution in [2.24, 2.45) is 5.92 Å². The Labute approximate surface area is 174 Å². The average molecular weight is 442 g/mol. The number of hydrogen-bond donors (Lipinski definition) is 1. The molecule has 2 fully saturated rings. The lowest BCUT2D eigenvalue weighted by molar-refractivity contribution is -0.155. The fourth-order valence-corrected chi connectivity index (χ4v) is 3.18. The molecule has 2 aromatic heterocycles. The van der Waals surface area contributed by atoms with Crippen LogP contribution < -0.4 is 15.0 Å². The van der Waals surface area contributed by atoms with Gasteiger partial charge in [-0.3, -0.25) is 9.78 Å². The molecule has 11 heteroatoms. The molecule has 1 N–H and O–H groups in total. The minimum atomic E-state index is -4.76. The Bertz CT molecular complexity index is 942. The highest BCUT2D eigenvalue weighted by molar-refractivity contribution is 5.93. The number of carbonyl (C=O) groups is 1. The van der Waals surface area contributed by atoms with Crippen molar-refractivity contribution < 1.29 is 31.5 Å². The van der Waals surface area contributed by atoms with E-state index in [-0.39, 0.29) is 22.8 Å². The summed E-state index contributed by atoms with van der Waals surface area (Å²) in [6.45, 7) is -0.732. The van der Waals surface area contributed by atoms with Crippen LogP contribution in [-0.4, -0.2) is 47.7 Å². The van der Waals surface area contributed by atoms with Gasteiger partial charge >= 0.3 is 6.18 Å². The van der Waals surface area contributed by atoms with Crippen molar-refractivity contribution in [1.29, 1.82) is 0 Å². The third-order valence-corrected chi connectivity index (χ3v) is 5.03. The van der Waals surface area contributed by atoms with Gasteiger partial charge in [-0.05, 0) is 37.0 Å². The summed E-state index contributed by atoms with van der Waals surface area (Å²) < 4.78 is 72.7. The van der Waals surface area contributed by atoms with Crippen LogP contribution in [0.5, 0.6) is 5.88 Å². The lowest BCUT2D eigenvalue weighted by Crippen LogP contribution is -2.56. The van der Waals surface area contributed by atoms with E-state index in [1.54, 1.807) is 0 Å². The quantitative estimate of drug-likeness (QED) is 0.662. The van der Waals surface area contributed by atoms with Crippen LogP contribution in [0, 0.1) is 5.92 Å². The van der Waals surface area contributed by atoms with Crippen molar-refractivity contribution in [1.82, 2.24) is 15.3 Å². The van der Waals surface area contributed by atoms with E-state index in [9.17, 15) is 26.7 Å². The summed E-state index contributed by atoms with van der Waals surface area (Å²) in [4.78, 5) is 21.6. The highest BCUT2D eigenvalue weighted by atomic mass is 19.4. The number of nitrogens with one attached hydrogen (secondary N) is 1. The summed E-state index contributed by atoms with van der Waals surface area (Å²) in [5.74, 6) is -3.61. The number of halogens is 5. The maximum absolute atomic E-state index is 13.5. The topological polar surface area (TPSA) is 67.4 Å². The minimum Gasteiger partial charge on any atom is -0.476 e. The van der Waals surface area contributed by atoms with Crippen molar-refractivity contribution in [2.45, 2.75) is 31.0 Å². The number of pyridine rings is 2. The summed E-state index contributed by atoms with van der Waals surface area (Å²) in [7, 11) is 0. The number of rotatable bonds is 7. The summed E-state index contributed by atoms with van der Waals surface area (Å²) >= 11 is 0. The van der Waals surface area contributed by atoms with Crippen LogP contribution >= 0.6 is 0 Å². The Kier molecular flexibility index (Phi) is 5.44. The van der Waals surface area contributed by atoms with E-state index >= 15 is 0 Å². The average Bonchev–Trinajstić information content (AvgIpc) is 3.52. The molecule has 0 unspecified atom stereocenters. The third kappa shape index (κ3) is 5.02. The molecule has 1 aliphatic carbocycles. The van der Waals surface area contributed by atoms with Gasteiger partial charge in [0.05, 0.1) is 19.7 Å². The second kappa shape index (κ2) is 7.93. The molecule has 1 atom stereocenters. The highest BCUT2D eigenvalue weighted by Gasteiger charge is 2.45. The van der Waals surface area contributed by atoms with Crippen molar-refractivity contribution in [3.05, 3.63) is 47.9 Å². The molecule has 2 aromatic rings. The van der Waals surface area contributed by atoms with Gasteiger partial charge in [-0.25, -0.2) is 13.8 Å². The van der Waals surface area contributed by atoms with Crippen molar-refractivity contribution in [3.8, 4) is 5.88 Å². The molecule has 0 spiro atoms. The second-order valence-electron chi connectivity index (χ2n) is 7.72. The Balaban J connectivity index is 1.56. The van der Waals surface area contributed by atoms with Crippen LogP contribution in [0.1, 0.15) is 34.9 Å². The van der Waals surface area contributed by atoms with Gasteiger partial charge in [0.1, 0.15) is 11.4 Å². The minimum absolute atomic E-state index is 0.0417. The largest absolute Gasteiger partial charge is 0.476 e. The first-order valence-electron chi connectivity index (χ1n) is 9.66. The van der Waals surface area contributed by atoms with E-state index in [1.807, 2.05) is 5.32 Å². The molecule has 3 heterocycles. The lowest BCUT2D eigenvalue weighted by Gasteiger charge is -2.40. The summed E-state index contributed by atoms with van der Waals surface area (Å²) in [6, 6.07) is 2.82. The van der Waals surface area contributed by atoms with Crippen molar-refractivity contribution in [2.75, 3.05) is 24.6 Å². The fourth-order valence-electron chi connectivity index (χ4n) is 3.18. The van der Waals surface area contributed by atoms with Gasteiger partial charge in [-0.1, -0.05) is 6.07 Å². The number of hydrogen-bond acceptors (Lipinski definition) is 5. The molecular formula is C20H19F5N4O2. The van der Waals surface area contributed by atoms with Crippen LogP contribution in [0.15, 0.2) is 36.7 Å². The molecule has 0 bridgehead atoms. The molecule has 1 aliphatic heterocycles. The molecule has 0 radical (unpaired) electrons. The molecule has 1 saturated carbocycles. The first kappa shape index (κ1) is 21.3. The Morgan fingerprint density at radius 1 is 1.26 bits per heavy atom. The normalized spacial score (nSPS) is 18.8. The van der Waals surface area contributed by atoms with Crippen LogP contribution in [0.3, 0.4) is 0 Å². The number of amides is 1. The highest BCUT2D eigenvalue weighted by Crippen LogP contribution is 2.38. The van der Waals surface area contributed by atoms with Gasteiger partial charge in [0.15, 0.2) is 6.04 Å². The van der Waals surface area contributed by atoms with Gasteiger partial charge in [0.2, 0.25) is 5.88 Å². The Morgan fingerprint density at radius 3 is 2.58 bits per heavy atom. The molecular weight excluding hydrogens is 423 g/mol. The number of aromatic nitrogens is 2. The number of alkyl halides is 5. The Morgan fingerprint density at radius 2 is 2.00 bits per heavy atom. The first-order valence-corrected chi connectivity index (χ1v) is 9.66. The monoisotopic (exact) mass is 442 g/mol. The molecule has 166 valence electrons. The number of anilines is 1. The summed E-state index contributed by atoms with van der Waals surface area (Å²) in [5, 5.41) is 1.93. The zero-order chi connectivity index (χ0) is 22.2. The maximum Gasteiger partial charge on any atom is 0.412 e. The van der Waals surface area contributed by atoms with Gasteiger partial charge in [-0.2, -0.15) is 13.2 Å². The van der Waals surface area contributed by atoms with Crippen LogP contribution in [0.25, 0.3) is 0 Å². The zero-order valence-electron chi connectivity index (χ0n) is 16.2. The number of ether oxygens (including phenoxy) is 1. The molecule has 1 saturated heterocycles. The van der Waals surface area contributed by atoms with Gasteiger partial charge < -0.3 is 15.0 Å². The van der Waals surface area contributed by atoms with E-state index in [1.165, 1.54) is 35.4 Å². The van der Waals surface area contributed by atoms with Crippen LogP contribution in [-0.2, 0) is 0 Å². The molecule has 31 heavy (non-hydrogen) atoms. The van der Waals surface area contributed by atoms with E-state index in [0.29, 0.717) is 12.5 Å². The summed E-state index contributed by atoms with van der Waals surface area (Å²) in [6.07, 6.45) is -0.483. The van der Waals surface area contributed by atoms with E-state index in [2.05, 4.69) is 9.97 Å². The second-order valence-corrected chi connectivity index (χ2v) is 7.72. The lowest BCUT2D eigenvalue weighted by atomic mass is 10.1. The van der Waals surface area contributed by atoms with E-state index < -0.39 is 37.1 Å². The van der Waals surface area contributed by atoms with Crippen LogP contribution in [0.2, 0.25) is 0 Å². The SMILES string of the molecule is O=C(N[C@H](c1cccnc1)C(F)(F)F)c1ccc(N2CC(F)(F)C2)c(OCC2CC2)n1. The number of nitrogens with zero attached hydrogens (tertiary/aromatic N) is 3. The molecule has 6 nitrogen and oxygen atoms in total. The molecule has 4 rings (SSSR count). The van der Waals surface area contributed by atoms with Crippen molar-refractivity contribution in [3.63, 3.8) is 0 Å². The van der Waals surface area contributed by atoms with E-state index in [0.717, 1.165) is 19.0 Å². The predicted octanol–water partition coefficient (Wildman–Crippen LogP) is 3.75. The van der Waals surface area contributed by atoms with Gasteiger partial charge in [-0.15, -0.1) is 0 Å². The zero-order valence-corrected chi connectivity index (χ0v) is 16.2. The predicted molar refractivity (Wildman–Crippen MR) is 100 cm³/mol. The third-order valence-electron chi connectivity index (χ3n) is 5.03. The number of carbonyl (C=O) groups excluding carboxylic acids is 1. The van der Waals surface area contributed by atoms with E-state index in [4.69, 9.17) is 4.74 Å². The Hall–Kier alpha value is -2.98. The molecule has 2 aliphatic rings. The fraction of sp³-hybridized carbons (Fsp3) is 0.450. The van der Waals surface area contributed by atoms with Gasteiger partial charge in [0.25, 0.3) is 11.8 Å². The van der Waals surface area contributed by atoms with Crippen LogP contribution in [0.4, 0.5) is 27.6 Å². The molecule has 1 amide bonds. The molecule has 0 aromatic carbocycles. The standard InChI is InChI=1S/C20H19F5N4O2/c21-19(22)10-29(11-19)15-6-5-14(27-18(15)31-9-12-3-4-12)17(30)28-16(20(23,24)25)13-2-1-7-26-8-13/h1-2,5-8,12,16H,3-4,9-11H2,(H,28,30)/t16-/m1/s1.